The molecule has 2 heterocycles. The number of ether oxygens (including phenoxy) is 3. The zero-order valence-corrected chi connectivity index (χ0v) is 22.3. The highest BCUT2D eigenvalue weighted by atomic mass is 35.5. The zero-order valence-electron chi connectivity index (χ0n) is 21.5. The summed E-state index contributed by atoms with van der Waals surface area (Å²) in [5.41, 5.74) is 2.11. The van der Waals surface area contributed by atoms with Crippen LogP contribution in [0.5, 0.6) is 0 Å². The second kappa shape index (κ2) is 18.1. The van der Waals surface area contributed by atoms with E-state index in [2.05, 4.69) is 45.5 Å². The van der Waals surface area contributed by atoms with Crippen molar-refractivity contribution in [2.45, 2.75) is 71.4 Å². The van der Waals surface area contributed by atoms with Crippen molar-refractivity contribution in [3.63, 3.8) is 0 Å². The molecule has 2 rings (SSSR count). The number of alkyl carbamates (subject to hydrolysis) is 1. The summed E-state index contributed by atoms with van der Waals surface area (Å²) < 4.78 is 18.9. The van der Waals surface area contributed by atoms with Gasteiger partial charge in [-0.3, -0.25) is 4.98 Å². The van der Waals surface area contributed by atoms with Gasteiger partial charge in [0.15, 0.2) is 18.9 Å². The first kappa shape index (κ1) is 30.8. The quantitative estimate of drug-likeness (QED) is 0.274. The van der Waals surface area contributed by atoms with Crippen LogP contribution in [0.2, 0.25) is 0 Å². The highest BCUT2D eigenvalue weighted by molar-refractivity contribution is 5.67. The molecule has 0 aliphatic rings. The third-order valence-electron chi connectivity index (χ3n) is 4.99. The smallest absolute Gasteiger partial charge is 0.407 e. The van der Waals surface area contributed by atoms with Gasteiger partial charge in [-0.2, -0.15) is 0 Å². The maximum Gasteiger partial charge on any atom is 0.407 e. The standard InChI is InChI=1S/C27H41N3O4.ClH/c1-27(2,3)34-26(31)29-15-8-20-32-19-7-13-25-11-5-16-30(23-25)17-9-21-33-18-6-12-24-10-4-14-28-22-24;/h4-5,10-11,14,16,22-23H,6-9,12-13,15,17-21H2,1-3H3;1H. The Bertz CT molecular complexity index is 816. The van der Waals surface area contributed by atoms with Crippen LogP contribution in [0.4, 0.5) is 4.79 Å². The number of hydrogen-bond acceptors (Lipinski definition) is 5. The first-order chi connectivity index (χ1) is 16.4. The van der Waals surface area contributed by atoms with Crippen LogP contribution in [-0.2, 0) is 33.6 Å². The van der Waals surface area contributed by atoms with Crippen LogP contribution in [0.3, 0.4) is 0 Å². The summed E-state index contributed by atoms with van der Waals surface area (Å²) in [5, 5.41) is 2.74. The maximum atomic E-state index is 11.6. The summed E-state index contributed by atoms with van der Waals surface area (Å²) in [7, 11) is 0. The lowest BCUT2D eigenvalue weighted by molar-refractivity contribution is -0.697. The molecule has 7 nitrogen and oxygen atoms in total. The molecule has 1 amide bonds. The summed E-state index contributed by atoms with van der Waals surface area (Å²) in [5.74, 6) is 0. The average molecular weight is 508 g/mol. The monoisotopic (exact) mass is 507 g/mol. The zero-order chi connectivity index (χ0) is 24.5. The van der Waals surface area contributed by atoms with E-state index in [0.29, 0.717) is 19.8 Å². The Morgan fingerprint density at radius 1 is 0.943 bits per heavy atom. The average Bonchev–Trinajstić information content (AvgIpc) is 2.80. The fourth-order valence-electron chi connectivity index (χ4n) is 3.40. The van der Waals surface area contributed by atoms with Crippen molar-refractivity contribution in [3.8, 4) is 0 Å². The van der Waals surface area contributed by atoms with E-state index < -0.39 is 5.60 Å². The summed E-state index contributed by atoms with van der Waals surface area (Å²) in [6, 6.07) is 8.35. The van der Waals surface area contributed by atoms with Crippen molar-refractivity contribution in [2.24, 2.45) is 0 Å². The number of carbonyl (C=O) groups is 1. The van der Waals surface area contributed by atoms with Gasteiger partial charge in [-0.25, -0.2) is 9.36 Å². The topological polar surface area (TPSA) is 73.6 Å². The predicted octanol–water partition coefficient (Wildman–Crippen LogP) is 1.28. The van der Waals surface area contributed by atoms with Gasteiger partial charge in [0.05, 0.1) is 6.61 Å². The van der Waals surface area contributed by atoms with Crippen LogP contribution >= 0.6 is 0 Å². The van der Waals surface area contributed by atoms with E-state index in [4.69, 9.17) is 14.2 Å². The van der Waals surface area contributed by atoms with Gasteiger partial charge >= 0.3 is 6.09 Å². The molecule has 0 bridgehead atoms. The Labute approximate surface area is 217 Å². The van der Waals surface area contributed by atoms with Crippen molar-refractivity contribution >= 4 is 6.09 Å². The van der Waals surface area contributed by atoms with Crippen LogP contribution in [0.1, 0.15) is 57.6 Å². The van der Waals surface area contributed by atoms with Gasteiger partial charge in [0.1, 0.15) is 5.60 Å². The van der Waals surface area contributed by atoms with Crippen LogP contribution < -0.4 is 22.3 Å². The molecule has 0 aromatic carbocycles. The van der Waals surface area contributed by atoms with Gasteiger partial charge in [-0.1, -0.05) is 6.07 Å². The molecule has 2 aromatic heterocycles. The molecular weight excluding hydrogens is 466 g/mol. The van der Waals surface area contributed by atoms with E-state index in [1.54, 1.807) is 6.20 Å². The number of carbonyl (C=O) groups excluding carboxylic acids is 1. The molecule has 0 unspecified atom stereocenters. The molecule has 2 aromatic rings. The van der Waals surface area contributed by atoms with Crippen LogP contribution in [0.25, 0.3) is 0 Å². The largest absolute Gasteiger partial charge is 1.00 e. The molecule has 8 heteroatoms. The van der Waals surface area contributed by atoms with E-state index in [1.165, 1.54) is 11.1 Å². The molecular formula is C27H42ClN3O4. The molecule has 0 aliphatic heterocycles. The van der Waals surface area contributed by atoms with Crippen LogP contribution in [-0.4, -0.2) is 49.7 Å². The van der Waals surface area contributed by atoms with Crippen molar-refractivity contribution in [3.05, 3.63) is 60.2 Å². The molecule has 196 valence electrons. The fourth-order valence-corrected chi connectivity index (χ4v) is 3.40. The van der Waals surface area contributed by atoms with Crippen molar-refractivity contribution < 1.29 is 36.0 Å². The summed E-state index contributed by atoms with van der Waals surface area (Å²) in [6.07, 6.45) is 13.4. The highest BCUT2D eigenvalue weighted by Gasteiger charge is 2.15. The number of aromatic nitrogens is 2. The summed E-state index contributed by atoms with van der Waals surface area (Å²) in [4.78, 5) is 15.7. The SMILES string of the molecule is CC(C)(C)OC(=O)NCCCOCCCc1ccc[n+](CCCOCCCc2cccnc2)c1.[Cl-]. The van der Waals surface area contributed by atoms with E-state index in [0.717, 1.165) is 58.3 Å². The Morgan fingerprint density at radius 2 is 1.60 bits per heavy atom. The lowest BCUT2D eigenvalue weighted by atomic mass is 10.1. The number of amides is 1. The molecule has 0 spiro atoms. The third-order valence-corrected chi connectivity index (χ3v) is 4.99. The lowest BCUT2D eigenvalue weighted by Gasteiger charge is -2.19. The second-order valence-corrected chi connectivity index (χ2v) is 9.38. The minimum atomic E-state index is -0.467. The molecule has 0 atom stereocenters. The number of aryl methyl sites for hydroxylation is 3. The van der Waals surface area contributed by atoms with Gasteiger partial charge in [-0.05, 0) is 70.6 Å². The Hall–Kier alpha value is -2.22. The Morgan fingerprint density at radius 3 is 2.29 bits per heavy atom. The minimum absolute atomic E-state index is 0. The molecule has 0 aliphatic carbocycles. The van der Waals surface area contributed by atoms with Crippen LogP contribution in [0.15, 0.2) is 49.1 Å². The predicted molar refractivity (Wildman–Crippen MR) is 133 cm³/mol. The normalized spacial score (nSPS) is 11.1. The number of pyridine rings is 2. The van der Waals surface area contributed by atoms with E-state index >= 15 is 0 Å². The van der Waals surface area contributed by atoms with Gasteiger partial charge in [0.2, 0.25) is 0 Å². The van der Waals surface area contributed by atoms with E-state index in [1.807, 2.05) is 33.0 Å². The van der Waals surface area contributed by atoms with Crippen LogP contribution in [0, 0.1) is 0 Å². The molecule has 35 heavy (non-hydrogen) atoms. The molecule has 1 N–H and O–H groups in total. The molecule has 0 fully saturated rings. The van der Waals surface area contributed by atoms with Gasteiger partial charge in [0, 0.05) is 56.8 Å². The Kier molecular flexibility index (Phi) is 15.9. The molecule has 0 radical (unpaired) electrons. The maximum absolute atomic E-state index is 11.6. The lowest BCUT2D eigenvalue weighted by Crippen LogP contribution is -3.00. The Balaban J connectivity index is 0.00000612. The third kappa shape index (κ3) is 16.1. The molecule has 0 saturated heterocycles. The fraction of sp³-hybridized carbons (Fsp3) is 0.593. The summed E-state index contributed by atoms with van der Waals surface area (Å²) >= 11 is 0. The first-order valence-corrected chi connectivity index (χ1v) is 12.4. The van der Waals surface area contributed by atoms with Crippen molar-refractivity contribution in [1.82, 2.24) is 10.3 Å². The summed E-state index contributed by atoms with van der Waals surface area (Å²) in [6.45, 7) is 9.99. The molecule has 0 saturated carbocycles. The number of nitrogens with zero attached hydrogens (tertiary/aromatic N) is 2. The first-order valence-electron chi connectivity index (χ1n) is 12.4. The highest BCUT2D eigenvalue weighted by Crippen LogP contribution is 2.06. The number of halogens is 1. The minimum Gasteiger partial charge on any atom is -1.00 e. The van der Waals surface area contributed by atoms with E-state index in [9.17, 15) is 4.79 Å². The van der Waals surface area contributed by atoms with E-state index in [-0.39, 0.29) is 18.5 Å². The second-order valence-electron chi connectivity index (χ2n) is 9.38. The van der Waals surface area contributed by atoms with Crippen molar-refractivity contribution in [2.75, 3.05) is 33.0 Å². The van der Waals surface area contributed by atoms with Crippen molar-refractivity contribution in [1.29, 1.82) is 0 Å². The number of hydrogen-bond donors (Lipinski definition) is 1. The van der Waals surface area contributed by atoms with Gasteiger partial charge in [-0.15, -0.1) is 0 Å². The van der Waals surface area contributed by atoms with Gasteiger partial charge < -0.3 is 31.9 Å². The number of rotatable bonds is 16. The number of nitrogens with one attached hydrogen (secondary N) is 1. The van der Waals surface area contributed by atoms with Gasteiger partial charge in [0.25, 0.3) is 0 Å².